The van der Waals surface area contributed by atoms with Crippen LogP contribution in [0.3, 0.4) is 0 Å². The molecule has 8 nitrogen and oxygen atoms in total. The predicted molar refractivity (Wildman–Crippen MR) is 133 cm³/mol. The molecular formula is C27H30N4O4. The maximum Gasteiger partial charge on any atom is 0.305 e. The largest absolute Gasteiger partial charge is 0.469 e. The third kappa shape index (κ3) is 5.42. The number of aromatic nitrogens is 2. The van der Waals surface area contributed by atoms with Crippen molar-refractivity contribution < 1.29 is 19.1 Å². The van der Waals surface area contributed by atoms with Gasteiger partial charge in [0, 0.05) is 42.9 Å². The van der Waals surface area contributed by atoms with Gasteiger partial charge in [-0.1, -0.05) is 12.1 Å². The van der Waals surface area contributed by atoms with E-state index in [0.717, 1.165) is 46.9 Å². The van der Waals surface area contributed by atoms with Gasteiger partial charge in [0.25, 0.3) is 5.91 Å². The Bertz CT molecular complexity index is 1230. The van der Waals surface area contributed by atoms with E-state index in [1.807, 2.05) is 54.9 Å². The van der Waals surface area contributed by atoms with Crippen molar-refractivity contribution in [3.63, 3.8) is 0 Å². The normalized spacial score (nSPS) is 13.2. The first-order chi connectivity index (χ1) is 16.9. The fraction of sp³-hybridized carbons (Fsp3) is 0.333. The van der Waals surface area contributed by atoms with E-state index in [-0.39, 0.29) is 17.8 Å². The lowest BCUT2D eigenvalue weighted by atomic mass is 10.1. The van der Waals surface area contributed by atoms with Gasteiger partial charge in [-0.05, 0) is 74.2 Å². The molecule has 4 rings (SSSR count). The van der Waals surface area contributed by atoms with Crippen LogP contribution in [-0.2, 0) is 27.3 Å². The second-order valence-electron chi connectivity index (χ2n) is 8.68. The standard InChI is InChI=1S/C27H30N4O4/c1-18-24(14-15-26(33)35-3)19(2)31(29-18)23-12-8-21(9-13-23)27(34)28-17-20-6-10-22(11-7-20)30-16-4-5-25(30)32/h6-13H,4-5,14-17H2,1-3H3,(H,28,34). The molecule has 8 heteroatoms. The Morgan fingerprint density at radius 2 is 1.71 bits per heavy atom. The van der Waals surface area contributed by atoms with Crippen LogP contribution in [0.4, 0.5) is 5.69 Å². The Morgan fingerprint density at radius 3 is 2.34 bits per heavy atom. The number of hydrogen-bond acceptors (Lipinski definition) is 5. The first-order valence-electron chi connectivity index (χ1n) is 11.8. The van der Waals surface area contributed by atoms with Gasteiger partial charge in [0.1, 0.15) is 0 Å². The molecular weight excluding hydrogens is 444 g/mol. The van der Waals surface area contributed by atoms with Gasteiger partial charge in [-0.15, -0.1) is 0 Å². The highest BCUT2D eigenvalue weighted by Crippen LogP contribution is 2.22. The lowest BCUT2D eigenvalue weighted by Gasteiger charge is -2.16. The van der Waals surface area contributed by atoms with Crippen molar-refractivity contribution in [1.82, 2.24) is 15.1 Å². The molecule has 0 bridgehead atoms. The average Bonchev–Trinajstić information content (AvgIpc) is 3.43. The molecule has 1 fully saturated rings. The number of anilines is 1. The summed E-state index contributed by atoms with van der Waals surface area (Å²) in [6, 6.07) is 15.0. The van der Waals surface area contributed by atoms with E-state index in [9.17, 15) is 14.4 Å². The number of carbonyl (C=O) groups is 3. The van der Waals surface area contributed by atoms with Crippen LogP contribution < -0.4 is 10.2 Å². The van der Waals surface area contributed by atoms with Crippen LogP contribution in [0.2, 0.25) is 0 Å². The highest BCUT2D eigenvalue weighted by molar-refractivity contribution is 5.95. The molecule has 2 heterocycles. The summed E-state index contributed by atoms with van der Waals surface area (Å²) in [5.74, 6) is -0.251. The third-order valence-electron chi connectivity index (χ3n) is 6.40. The van der Waals surface area contributed by atoms with E-state index in [1.165, 1.54) is 7.11 Å². The zero-order valence-corrected chi connectivity index (χ0v) is 20.3. The van der Waals surface area contributed by atoms with E-state index >= 15 is 0 Å². The van der Waals surface area contributed by atoms with Crippen LogP contribution in [0.1, 0.15) is 52.1 Å². The van der Waals surface area contributed by atoms with Crippen LogP contribution in [0.15, 0.2) is 48.5 Å². The lowest BCUT2D eigenvalue weighted by Crippen LogP contribution is -2.24. The molecule has 0 spiro atoms. The van der Waals surface area contributed by atoms with E-state index in [1.54, 1.807) is 17.0 Å². The minimum atomic E-state index is -0.246. The topological polar surface area (TPSA) is 93.5 Å². The minimum Gasteiger partial charge on any atom is -0.469 e. The molecule has 0 atom stereocenters. The molecule has 2 amide bonds. The number of nitrogens with zero attached hydrogens (tertiary/aromatic N) is 3. The third-order valence-corrected chi connectivity index (χ3v) is 6.40. The summed E-state index contributed by atoms with van der Waals surface area (Å²) in [7, 11) is 1.39. The minimum absolute atomic E-state index is 0.160. The van der Waals surface area contributed by atoms with Crippen molar-refractivity contribution >= 4 is 23.5 Å². The second-order valence-corrected chi connectivity index (χ2v) is 8.68. The van der Waals surface area contributed by atoms with Crippen molar-refractivity contribution in [2.75, 3.05) is 18.6 Å². The van der Waals surface area contributed by atoms with Crippen molar-refractivity contribution in [3.8, 4) is 5.69 Å². The highest BCUT2D eigenvalue weighted by Gasteiger charge is 2.21. The molecule has 35 heavy (non-hydrogen) atoms. The highest BCUT2D eigenvalue weighted by atomic mass is 16.5. The molecule has 1 saturated heterocycles. The summed E-state index contributed by atoms with van der Waals surface area (Å²) in [5.41, 5.74) is 6.12. The first kappa shape index (κ1) is 24.2. The summed E-state index contributed by atoms with van der Waals surface area (Å²) in [6.07, 6.45) is 2.38. The van der Waals surface area contributed by atoms with Gasteiger partial charge in [0.05, 0.1) is 18.5 Å². The monoisotopic (exact) mass is 474 g/mol. The van der Waals surface area contributed by atoms with E-state index in [2.05, 4.69) is 10.4 Å². The molecule has 182 valence electrons. The van der Waals surface area contributed by atoms with Gasteiger partial charge < -0.3 is 15.0 Å². The Balaban J connectivity index is 1.37. The molecule has 0 saturated carbocycles. The number of benzene rings is 2. The molecule has 0 unspecified atom stereocenters. The molecule has 0 aliphatic carbocycles. The Hall–Kier alpha value is -3.94. The number of esters is 1. The summed E-state index contributed by atoms with van der Waals surface area (Å²) in [6.45, 7) is 5.05. The molecule has 2 aromatic carbocycles. The zero-order chi connectivity index (χ0) is 24.9. The molecule has 3 aromatic rings. The summed E-state index contributed by atoms with van der Waals surface area (Å²) >= 11 is 0. The van der Waals surface area contributed by atoms with Gasteiger partial charge in [-0.25, -0.2) is 4.68 Å². The van der Waals surface area contributed by atoms with Crippen LogP contribution in [0, 0.1) is 13.8 Å². The van der Waals surface area contributed by atoms with Gasteiger partial charge in [0.15, 0.2) is 0 Å². The van der Waals surface area contributed by atoms with E-state index in [4.69, 9.17) is 4.74 Å². The molecule has 0 radical (unpaired) electrons. The SMILES string of the molecule is COC(=O)CCc1c(C)nn(-c2ccc(C(=O)NCc3ccc(N4CCCC4=O)cc3)cc2)c1C. The van der Waals surface area contributed by atoms with E-state index < -0.39 is 0 Å². The maximum absolute atomic E-state index is 12.7. The lowest BCUT2D eigenvalue weighted by molar-refractivity contribution is -0.140. The second kappa shape index (κ2) is 10.5. The molecule has 1 aliphatic heterocycles. The van der Waals surface area contributed by atoms with Crippen molar-refractivity contribution in [1.29, 1.82) is 0 Å². The summed E-state index contributed by atoms with van der Waals surface area (Å²) in [5, 5.41) is 7.56. The van der Waals surface area contributed by atoms with Crippen LogP contribution in [-0.4, -0.2) is 41.2 Å². The number of aryl methyl sites for hydroxylation is 1. The maximum atomic E-state index is 12.7. The number of hydrogen-bond donors (Lipinski definition) is 1. The number of nitrogens with one attached hydrogen (secondary N) is 1. The van der Waals surface area contributed by atoms with Crippen molar-refractivity contribution in [2.45, 2.75) is 46.1 Å². The predicted octanol–water partition coefficient (Wildman–Crippen LogP) is 3.65. The van der Waals surface area contributed by atoms with Gasteiger partial charge >= 0.3 is 5.97 Å². The Kier molecular flexibility index (Phi) is 7.29. The molecule has 1 aliphatic rings. The quantitative estimate of drug-likeness (QED) is 0.503. The fourth-order valence-electron chi connectivity index (χ4n) is 4.37. The van der Waals surface area contributed by atoms with E-state index in [0.29, 0.717) is 31.4 Å². The van der Waals surface area contributed by atoms with Crippen molar-refractivity contribution in [2.24, 2.45) is 0 Å². The first-order valence-corrected chi connectivity index (χ1v) is 11.8. The zero-order valence-electron chi connectivity index (χ0n) is 20.3. The van der Waals surface area contributed by atoms with Gasteiger partial charge in [-0.2, -0.15) is 5.10 Å². The van der Waals surface area contributed by atoms with Gasteiger partial charge in [0.2, 0.25) is 5.91 Å². The number of carbonyl (C=O) groups excluding carboxylic acids is 3. The van der Waals surface area contributed by atoms with Crippen LogP contribution >= 0.6 is 0 Å². The fourth-order valence-corrected chi connectivity index (χ4v) is 4.37. The average molecular weight is 475 g/mol. The Labute approximate surface area is 204 Å². The van der Waals surface area contributed by atoms with Gasteiger partial charge in [-0.3, -0.25) is 14.4 Å². The van der Waals surface area contributed by atoms with Crippen molar-refractivity contribution in [3.05, 3.63) is 76.6 Å². The summed E-state index contributed by atoms with van der Waals surface area (Å²) in [4.78, 5) is 37.9. The smallest absolute Gasteiger partial charge is 0.305 e. The Morgan fingerprint density at radius 1 is 1.03 bits per heavy atom. The molecule has 1 N–H and O–H groups in total. The number of methoxy groups -OCH3 is 1. The number of rotatable bonds is 8. The number of amides is 2. The van der Waals surface area contributed by atoms with Crippen LogP contribution in [0.5, 0.6) is 0 Å². The summed E-state index contributed by atoms with van der Waals surface area (Å²) < 4.78 is 6.57. The van der Waals surface area contributed by atoms with Crippen LogP contribution in [0.25, 0.3) is 5.69 Å². The molecule has 1 aromatic heterocycles. The number of ether oxygens (including phenoxy) is 1.